The molecule has 2 fully saturated rings. The summed E-state index contributed by atoms with van der Waals surface area (Å²) in [5, 5.41) is 3.70. The van der Waals surface area contributed by atoms with E-state index < -0.39 is 0 Å². The van der Waals surface area contributed by atoms with Crippen LogP contribution in [0.2, 0.25) is 0 Å². The molecule has 1 N–H and O–H groups in total. The van der Waals surface area contributed by atoms with Crippen molar-refractivity contribution < 1.29 is 0 Å². The summed E-state index contributed by atoms with van der Waals surface area (Å²) in [6.45, 7) is 5.01. The fourth-order valence-corrected chi connectivity index (χ4v) is 4.45. The molecule has 0 spiro atoms. The van der Waals surface area contributed by atoms with E-state index in [1.54, 1.807) is 0 Å². The van der Waals surface area contributed by atoms with Gasteiger partial charge in [-0.1, -0.05) is 46.0 Å². The minimum atomic E-state index is 0.559. The average Bonchev–Trinajstić information content (AvgIpc) is 2.33. The highest BCUT2D eigenvalue weighted by molar-refractivity contribution is 4.93. The normalized spacial score (nSPS) is 32.3. The van der Waals surface area contributed by atoms with Crippen LogP contribution in [0.15, 0.2) is 0 Å². The minimum Gasteiger partial charge on any atom is -0.316 e. The topological polar surface area (TPSA) is 12.0 Å². The van der Waals surface area contributed by atoms with E-state index in [-0.39, 0.29) is 0 Å². The summed E-state index contributed by atoms with van der Waals surface area (Å²) in [4.78, 5) is 0. The van der Waals surface area contributed by atoms with Gasteiger partial charge in [0.05, 0.1) is 0 Å². The summed E-state index contributed by atoms with van der Waals surface area (Å²) in [5.41, 5.74) is 0.559. The van der Waals surface area contributed by atoms with Crippen molar-refractivity contribution in [1.29, 1.82) is 0 Å². The molecular formula is C16H31N. The van der Waals surface area contributed by atoms with Gasteiger partial charge in [-0.25, -0.2) is 0 Å². The lowest BCUT2D eigenvalue weighted by molar-refractivity contribution is 0.0663. The van der Waals surface area contributed by atoms with Gasteiger partial charge < -0.3 is 5.32 Å². The summed E-state index contributed by atoms with van der Waals surface area (Å²) in [5.74, 6) is 1.86. The lowest BCUT2D eigenvalue weighted by atomic mass is 9.62. The van der Waals surface area contributed by atoms with Crippen LogP contribution in [-0.2, 0) is 0 Å². The lowest BCUT2D eigenvalue weighted by Crippen LogP contribution is -2.48. The number of nitrogens with one attached hydrogen (secondary N) is 1. The molecule has 2 aliphatic carbocycles. The van der Waals surface area contributed by atoms with E-state index in [1.165, 1.54) is 57.8 Å². The molecule has 0 amide bonds. The van der Waals surface area contributed by atoms with Gasteiger partial charge in [0.25, 0.3) is 0 Å². The minimum absolute atomic E-state index is 0.559. The van der Waals surface area contributed by atoms with Crippen LogP contribution in [0.25, 0.3) is 0 Å². The Bertz CT molecular complexity index is 228. The second-order valence-electron chi connectivity index (χ2n) is 7.05. The molecule has 2 unspecified atom stereocenters. The quantitative estimate of drug-likeness (QED) is 0.768. The van der Waals surface area contributed by atoms with Gasteiger partial charge in [0, 0.05) is 6.04 Å². The highest BCUT2D eigenvalue weighted by Crippen LogP contribution is 2.45. The highest BCUT2D eigenvalue weighted by atomic mass is 14.9. The Hall–Kier alpha value is -0.0400. The first-order chi connectivity index (χ1) is 8.15. The van der Waals surface area contributed by atoms with E-state index >= 15 is 0 Å². The molecule has 2 saturated carbocycles. The summed E-state index contributed by atoms with van der Waals surface area (Å²) in [7, 11) is 2.20. The van der Waals surface area contributed by atoms with E-state index in [4.69, 9.17) is 0 Å². The third kappa shape index (κ3) is 3.05. The number of hydrogen-bond acceptors (Lipinski definition) is 1. The molecule has 0 heterocycles. The molecule has 2 aliphatic rings. The molecule has 1 heteroatoms. The Morgan fingerprint density at radius 1 is 0.941 bits per heavy atom. The Balaban J connectivity index is 2.04. The van der Waals surface area contributed by atoms with Gasteiger partial charge >= 0.3 is 0 Å². The summed E-state index contributed by atoms with van der Waals surface area (Å²) in [6.07, 6.45) is 13.1. The van der Waals surface area contributed by atoms with Crippen molar-refractivity contribution in [2.75, 3.05) is 7.05 Å². The van der Waals surface area contributed by atoms with Crippen molar-refractivity contribution in [3.05, 3.63) is 0 Å². The highest BCUT2D eigenvalue weighted by Gasteiger charge is 2.40. The van der Waals surface area contributed by atoms with Crippen LogP contribution in [0.5, 0.6) is 0 Å². The van der Waals surface area contributed by atoms with Crippen LogP contribution < -0.4 is 5.32 Å². The molecule has 17 heavy (non-hydrogen) atoms. The monoisotopic (exact) mass is 237 g/mol. The van der Waals surface area contributed by atoms with E-state index in [9.17, 15) is 0 Å². The van der Waals surface area contributed by atoms with Crippen LogP contribution in [0, 0.1) is 17.3 Å². The first kappa shape index (κ1) is 13.4. The Morgan fingerprint density at radius 3 is 2.18 bits per heavy atom. The second kappa shape index (κ2) is 5.73. The van der Waals surface area contributed by atoms with E-state index in [2.05, 4.69) is 26.2 Å². The van der Waals surface area contributed by atoms with Gasteiger partial charge in [0.2, 0.25) is 0 Å². The maximum absolute atomic E-state index is 3.70. The van der Waals surface area contributed by atoms with Gasteiger partial charge in [0.15, 0.2) is 0 Å². The van der Waals surface area contributed by atoms with Crippen molar-refractivity contribution in [3.63, 3.8) is 0 Å². The molecule has 1 nitrogen and oxygen atoms in total. The van der Waals surface area contributed by atoms with Crippen molar-refractivity contribution in [3.8, 4) is 0 Å². The summed E-state index contributed by atoms with van der Waals surface area (Å²) < 4.78 is 0. The maximum Gasteiger partial charge on any atom is 0.0126 e. The van der Waals surface area contributed by atoms with E-state index in [0.29, 0.717) is 5.41 Å². The fraction of sp³-hybridized carbons (Fsp3) is 1.00. The Labute approximate surface area is 108 Å². The van der Waals surface area contributed by atoms with Gasteiger partial charge in [-0.2, -0.15) is 0 Å². The van der Waals surface area contributed by atoms with Crippen LogP contribution in [-0.4, -0.2) is 13.1 Å². The summed E-state index contributed by atoms with van der Waals surface area (Å²) >= 11 is 0. The molecule has 0 aromatic rings. The molecule has 0 bridgehead atoms. The predicted molar refractivity (Wildman–Crippen MR) is 75.2 cm³/mol. The van der Waals surface area contributed by atoms with Crippen LogP contribution in [0.1, 0.15) is 71.6 Å². The summed E-state index contributed by atoms with van der Waals surface area (Å²) in [6, 6.07) is 0.783. The van der Waals surface area contributed by atoms with Crippen LogP contribution in [0.3, 0.4) is 0 Å². The zero-order chi connectivity index (χ0) is 12.3. The first-order valence-corrected chi connectivity index (χ1v) is 7.82. The van der Waals surface area contributed by atoms with Gasteiger partial charge in [0.1, 0.15) is 0 Å². The molecule has 2 atom stereocenters. The first-order valence-electron chi connectivity index (χ1n) is 7.82. The van der Waals surface area contributed by atoms with Crippen molar-refractivity contribution in [2.24, 2.45) is 17.3 Å². The average molecular weight is 237 g/mol. The zero-order valence-corrected chi connectivity index (χ0v) is 12.1. The van der Waals surface area contributed by atoms with E-state index in [1.807, 2.05) is 0 Å². The third-order valence-electron chi connectivity index (χ3n) is 5.51. The standard InChI is InChI=1S/C16H31N/c1-16(2)12-8-7-11-14(16)15(17-3)13-9-5-4-6-10-13/h13-15,17H,4-12H2,1-3H3. The van der Waals surface area contributed by atoms with Crippen molar-refractivity contribution in [2.45, 2.75) is 77.7 Å². The molecule has 100 valence electrons. The lowest BCUT2D eigenvalue weighted by Gasteiger charge is -2.46. The number of rotatable bonds is 3. The zero-order valence-electron chi connectivity index (χ0n) is 12.1. The molecule has 2 rings (SSSR count). The molecule has 0 aromatic carbocycles. The molecule has 0 aliphatic heterocycles. The van der Waals surface area contributed by atoms with Gasteiger partial charge in [-0.3, -0.25) is 0 Å². The van der Waals surface area contributed by atoms with E-state index in [0.717, 1.165) is 17.9 Å². The maximum atomic E-state index is 3.70. The third-order valence-corrected chi connectivity index (χ3v) is 5.51. The Morgan fingerprint density at radius 2 is 1.59 bits per heavy atom. The SMILES string of the molecule is CNC(C1CCCCC1)C1CCCCC1(C)C. The van der Waals surface area contributed by atoms with Crippen LogP contribution in [0.4, 0.5) is 0 Å². The second-order valence-corrected chi connectivity index (χ2v) is 7.05. The largest absolute Gasteiger partial charge is 0.316 e. The van der Waals surface area contributed by atoms with Gasteiger partial charge in [-0.05, 0) is 50.0 Å². The molecule has 0 saturated heterocycles. The predicted octanol–water partition coefficient (Wildman–Crippen LogP) is 4.37. The van der Waals surface area contributed by atoms with Crippen molar-refractivity contribution >= 4 is 0 Å². The number of hydrogen-bond donors (Lipinski definition) is 1. The Kier molecular flexibility index (Phi) is 4.52. The molecule has 0 radical (unpaired) electrons. The molecule has 0 aromatic heterocycles. The van der Waals surface area contributed by atoms with Crippen LogP contribution >= 0.6 is 0 Å². The smallest absolute Gasteiger partial charge is 0.0126 e. The molecular weight excluding hydrogens is 206 g/mol. The fourth-order valence-electron chi connectivity index (χ4n) is 4.45. The van der Waals surface area contributed by atoms with Crippen molar-refractivity contribution in [1.82, 2.24) is 5.32 Å². The van der Waals surface area contributed by atoms with Gasteiger partial charge in [-0.15, -0.1) is 0 Å².